The monoisotopic (exact) mass is 251 g/mol. The Morgan fingerprint density at radius 2 is 2.22 bits per heavy atom. The Labute approximate surface area is 108 Å². The van der Waals surface area contributed by atoms with Gasteiger partial charge in [0.1, 0.15) is 6.33 Å². The van der Waals surface area contributed by atoms with Gasteiger partial charge in [-0.15, -0.1) is 6.58 Å². The Hall–Kier alpha value is -1.78. The van der Waals surface area contributed by atoms with Crippen LogP contribution in [0.4, 0.5) is 5.82 Å². The minimum absolute atomic E-state index is 0.465. The summed E-state index contributed by atoms with van der Waals surface area (Å²) in [6, 6.07) is 0. The van der Waals surface area contributed by atoms with Crippen molar-refractivity contribution in [3.63, 3.8) is 0 Å². The molecule has 100 valence electrons. The highest BCUT2D eigenvalue weighted by molar-refractivity contribution is 5.54. The summed E-state index contributed by atoms with van der Waals surface area (Å²) < 4.78 is 10.9. The molecule has 1 heterocycles. The van der Waals surface area contributed by atoms with Crippen molar-refractivity contribution in [1.82, 2.24) is 9.97 Å². The molecule has 1 N–H and O–H groups in total. The molecule has 0 saturated heterocycles. The van der Waals surface area contributed by atoms with E-state index in [0.29, 0.717) is 24.1 Å². The molecule has 5 nitrogen and oxygen atoms in total. The van der Waals surface area contributed by atoms with Crippen LogP contribution in [0.2, 0.25) is 0 Å². The van der Waals surface area contributed by atoms with E-state index in [4.69, 9.17) is 9.47 Å². The van der Waals surface area contributed by atoms with Gasteiger partial charge in [0.2, 0.25) is 5.75 Å². The van der Waals surface area contributed by atoms with E-state index in [1.54, 1.807) is 7.11 Å². The Morgan fingerprint density at radius 1 is 1.44 bits per heavy atom. The third-order valence-corrected chi connectivity index (χ3v) is 2.29. The van der Waals surface area contributed by atoms with Crippen LogP contribution in [0.25, 0.3) is 0 Å². The van der Waals surface area contributed by atoms with Gasteiger partial charge >= 0.3 is 0 Å². The number of hydrogen-bond acceptors (Lipinski definition) is 5. The quantitative estimate of drug-likeness (QED) is 0.720. The van der Waals surface area contributed by atoms with Crippen molar-refractivity contribution in [3.05, 3.63) is 18.5 Å². The van der Waals surface area contributed by atoms with Crippen LogP contribution in [-0.2, 0) is 0 Å². The number of nitrogens with one attached hydrogen (secondary N) is 1. The lowest BCUT2D eigenvalue weighted by molar-refractivity contribution is 0.285. The molecule has 0 atom stereocenters. The van der Waals surface area contributed by atoms with Crippen molar-refractivity contribution in [2.45, 2.75) is 26.7 Å². The van der Waals surface area contributed by atoms with Crippen molar-refractivity contribution in [1.29, 1.82) is 0 Å². The van der Waals surface area contributed by atoms with Crippen LogP contribution in [-0.4, -0.2) is 30.2 Å². The number of ether oxygens (including phenoxy) is 2. The minimum atomic E-state index is 0.465. The third kappa shape index (κ3) is 4.24. The lowest BCUT2D eigenvalue weighted by atomic mass is 10.3. The number of methoxy groups -OCH3 is 1. The topological polar surface area (TPSA) is 56.3 Å². The van der Waals surface area contributed by atoms with E-state index >= 15 is 0 Å². The van der Waals surface area contributed by atoms with Crippen molar-refractivity contribution in [2.24, 2.45) is 0 Å². The van der Waals surface area contributed by atoms with E-state index in [-0.39, 0.29) is 0 Å². The molecular formula is C13H21N3O2. The molecule has 1 rings (SSSR count). The smallest absolute Gasteiger partial charge is 0.262 e. The minimum Gasteiger partial charge on any atom is -0.489 e. The normalized spacial score (nSPS) is 9.94. The second-order valence-corrected chi connectivity index (χ2v) is 4.04. The zero-order valence-electron chi connectivity index (χ0n) is 11.3. The van der Waals surface area contributed by atoms with Crippen LogP contribution in [0.3, 0.4) is 0 Å². The van der Waals surface area contributed by atoms with Crippen LogP contribution >= 0.6 is 0 Å². The van der Waals surface area contributed by atoms with Gasteiger partial charge < -0.3 is 14.8 Å². The van der Waals surface area contributed by atoms with Gasteiger partial charge in [0.25, 0.3) is 5.88 Å². The maximum atomic E-state index is 5.58. The zero-order chi connectivity index (χ0) is 13.4. The first-order valence-electron chi connectivity index (χ1n) is 6.09. The van der Waals surface area contributed by atoms with E-state index in [9.17, 15) is 0 Å². The molecule has 0 saturated carbocycles. The van der Waals surface area contributed by atoms with E-state index in [0.717, 1.165) is 25.0 Å². The molecule has 5 heteroatoms. The molecule has 0 aromatic carbocycles. The highest BCUT2D eigenvalue weighted by atomic mass is 16.5. The largest absolute Gasteiger partial charge is 0.489 e. The van der Waals surface area contributed by atoms with E-state index in [2.05, 4.69) is 28.8 Å². The number of nitrogens with zero attached hydrogens (tertiary/aromatic N) is 2. The average molecular weight is 251 g/mol. The van der Waals surface area contributed by atoms with Crippen molar-refractivity contribution in [2.75, 3.05) is 25.6 Å². The Balaban J connectivity index is 2.73. The van der Waals surface area contributed by atoms with Crippen LogP contribution in [0.5, 0.6) is 11.6 Å². The molecule has 18 heavy (non-hydrogen) atoms. The van der Waals surface area contributed by atoms with E-state index in [1.807, 2.05) is 6.92 Å². The van der Waals surface area contributed by atoms with Crippen LogP contribution in [0.15, 0.2) is 18.5 Å². The molecule has 0 fully saturated rings. The number of aromatic nitrogens is 2. The third-order valence-electron chi connectivity index (χ3n) is 2.29. The molecule has 0 bridgehead atoms. The van der Waals surface area contributed by atoms with Crippen molar-refractivity contribution >= 4 is 5.82 Å². The molecule has 1 aromatic rings. The van der Waals surface area contributed by atoms with E-state index in [1.165, 1.54) is 6.33 Å². The summed E-state index contributed by atoms with van der Waals surface area (Å²) in [4.78, 5) is 8.23. The Kier molecular flexibility index (Phi) is 5.97. The molecule has 0 spiro atoms. The highest BCUT2D eigenvalue weighted by Crippen LogP contribution is 2.30. The number of rotatable bonds is 8. The second-order valence-electron chi connectivity index (χ2n) is 4.04. The zero-order valence-corrected chi connectivity index (χ0v) is 11.3. The standard InChI is InChI=1S/C13H21N3O2/c1-5-7-14-12-11(17-4)13(16-9-15-12)18-8-6-10(2)3/h9H,2,5-8H2,1,3-4H3,(H,14,15,16). The second kappa shape index (κ2) is 7.53. The van der Waals surface area contributed by atoms with Gasteiger partial charge in [0.05, 0.1) is 13.7 Å². The van der Waals surface area contributed by atoms with Gasteiger partial charge in [0.15, 0.2) is 5.82 Å². The first-order valence-corrected chi connectivity index (χ1v) is 6.09. The van der Waals surface area contributed by atoms with E-state index < -0.39 is 0 Å². The summed E-state index contributed by atoms with van der Waals surface area (Å²) in [6.45, 7) is 9.26. The van der Waals surface area contributed by atoms with Crippen LogP contribution in [0, 0.1) is 0 Å². The maximum absolute atomic E-state index is 5.58. The first-order chi connectivity index (χ1) is 8.69. The van der Waals surface area contributed by atoms with Crippen LogP contribution < -0.4 is 14.8 Å². The van der Waals surface area contributed by atoms with Gasteiger partial charge in [-0.25, -0.2) is 4.98 Å². The average Bonchev–Trinajstić information content (AvgIpc) is 2.36. The van der Waals surface area contributed by atoms with Gasteiger partial charge in [-0.1, -0.05) is 12.5 Å². The van der Waals surface area contributed by atoms with Gasteiger partial charge in [0, 0.05) is 13.0 Å². The fraction of sp³-hybridized carbons (Fsp3) is 0.538. The fourth-order valence-corrected chi connectivity index (χ4v) is 1.34. The predicted molar refractivity (Wildman–Crippen MR) is 72.3 cm³/mol. The SMILES string of the molecule is C=C(C)CCOc1ncnc(NCCC)c1OC. The Morgan fingerprint density at radius 3 is 2.83 bits per heavy atom. The molecule has 0 aliphatic carbocycles. The van der Waals surface area contributed by atoms with Crippen molar-refractivity contribution in [3.8, 4) is 11.6 Å². The summed E-state index contributed by atoms with van der Waals surface area (Å²) in [5.41, 5.74) is 1.08. The molecular weight excluding hydrogens is 230 g/mol. The molecule has 0 aliphatic heterocycles. The molecule has 0 aliphatic rings. The summed E-state index contributed by atoms with van der Waals surface area (Å²) in [5.74, 6) is 1.68. The van der Waals surface area contributed by atoms with Gasteiger partial charge in [-0.3, -0.25) is 0 Å². The first kappa shape index (κ1) is 14.3. The lowest BCUT2D eigenvalue weighted by Crippen LogP contribution is -2.07. The molecule has 1 aromatic heterocycles. The number of anilines is 1. The molecule has 0 unspecified atom stereocenters. The molecule has 0 radical (unpaired) electrons. The van der Waals surface area contributed by atoms with Gasteiger partial charge in [-0.2, -0.15) is 4.98 Å². The summed E-state index contributed by atoms with van der Waals surface area (Å²) in [6.07, 6.45) is 3.28. The lowest BCUT2D eigenvalue weighted by Gasteiger charge is -2.13. The molecule has 0 amide bonds. The summed E-state index contributed by atoms with van der Waals surface area (Å²) >= 11 is 0. The summed E-state index contributed by atoms with van der Waals surface area (Å²) in [7, 11) is 1.58. The van der Waals surface area contributed by atoms with Gasteiger partial charge in [-0.05, 0) is 13.3 Å². The maximum Gasteiger partial charge on any atom is 0.262 e. The fourth-order valence-electron chi connectivity index (χ4n) is 1.34. The van der Waals surface area contributed by atoms with Crippen LogP contribution in [0.1, 0.15) is 26.7 Å². The Bertz CT molecular complexity index is 394. The number of hydrogen-bond donors (Lipinski definition) is 1. The summed E-state index contributed by atoms with van der Waals surface area (Å²) in [5, 5.41) is 3.18. The predicted octanol–water partition coefficient (Wildman–Crippen LogP) is 2.65. The highest BCUT2D eigenvalue weighted by Gasteiger charge is 2.12. The van der Waals surface area contributed by atoms with Crippen molar-refractivity contribution < 1.29 is 9.47 Å².